The van der Waals surface area contributed by atoms with Crippen molar-refractivity contribution in [2.75, 3.05) is 20.3 Å². The van der Waals surface area contributed by atoms with Crippen LogP contribution in [-0.2, 0) is 11.3 Å². The van der Waals surface area contributed by atoms with Gasteiger partial charge in [0.15, 0.2) is 11.5 Å². The van der Waals surface area contributed by atoms with E-state index < -0.39 is 0 Å². The van der Waals surface area contributed by atoms with Gasteiger partial charge in [-0.1, -0.05) is 19.4 Å². The monoisotopic (exact) mass is 238 g/mol. The molecule has 0 aliphatic heterocycles. The highest BCUT2D eigenvalue weighted by atomic mass is 16.5. The Morgan fingerprint density at radius 1 is 1.12 bits per heavy atom. The van der Waals surface area contributed by atoms with E-state index >= 15 is 0 Å². The lowest BCUT2D eigenvalue weighted by Crippen LogP contribution is -1.98. The molecule has 0 aliphatic carbocycles. The first-order chi connectivity index (χ1) is 8.31. The third-order valence-corrected chi connectivity index (χ3v) is 2.44. The predicted octanol–water partition coefficient (Wildman–Crippen LogP) is 3.41. The molecule has 0 bridgehead atoms. The Morgan fingerprint density at radius 2 is 1.94 bits per heavy atom. The molecule has 0 spiro atoms. The summed E-state index contributed by atoms with van der Waals surface area (Å²) in [5.41, 5.74) is 1.11. The zero-order chi connectivity index (χ0) is 12.5. The molecule has 0 N–H and O–H groups in total. The number of ether oxygens (including phenoxy) is 3. The average Bonchev–Trinajstić information content (AvgIpc) is 2.36. The van der Waals surface area contributed by atoms with Gasteiger partial charge < -0.3 is 14.2 Å². The molecule has 0 amide bonds. The highest BCUT2D eigenvalue weighted by Crippen LogP contribution is 2.28. The van der Waals surface area contributed by atoms with E-state index in [9.17, 15) is 0 Å². The maximum atomic E-state index is 5.56. The quantitative estimate of drug-likeness (QED) is 0.649. The lowest BCUT2D eigenvalue weighted by atomic mass is 10.2. The maximum Gasteiger partial charge on any atom is 0.161 e. The van der Waals surface area contributed by atoms with Gasteiger partial charge in [0, 0.05) is 6.61 Å². The maximum absolute atomic E-state index is 5.56. The van der Waals surface area contributed by atoms with Gasteiger partial charge >= 0.3 is 0 Å². The fourth-order valence-corrected chi connectivity index (χ4v) is 1.51. The van der Waals surface area contributed by atoms with E-state index in [0.29, 0.717) is 13.2 Å². The lowest BCUT2D eigenvalue weighted by Gasteiger charge is -2.11. The van der Waals surface area contributed by atoms with Crippen LogP contribution in [0.2, 0.25) is 0 Å². The SMILES string of the molecule is CCCCOCc1ccc(OCC)c(OC)c1. The van der Waals surface area contributed by atoms with Crippen molar-refractivity contribution in [3.63, 3.8) is 0 Å². The minimum absolute atomic E-state index is 0.628. The van der Waals surface area contributed by atoms with Gasteiger partial charge in [0.25, 0.3) is 0 Å². The Bertz CT molecular complexity index is 323. The summed E-state index contributed by atoms with van der Waals surface area (Å²) in [6.07, 6.45) is 2.26. The van der Waals surface area contributed by atoms with Crippen LogP contribution in [0.3, 0.4) is 0 Å². The van der Waals surface area contributed by atoms with E-state index in [0.717, 1.165) is 36.5 Å². The molecular formula is C14H22O3. The summed E-state index contributed by atoms with van der Waals surface area (Å²) >= 11 is 0. The smallest absolute Gasteiger partial charge is 0.161 e. The first-order valence-corrected chi connectivity index (χ1v) is 6.19. The molecule has 1 aromatic carbocycles. The van der Waals surface area contributed by atoms with E-state index in [4.69, 9.17) is 14.2 Å². The second-order valence-corrected chi connectivity index (χ2v) is 3.82. The summed E-state index contributed by atoms with van der Waals surface area (Å²) in [5.74, 6) is 1.55. The van der Waals surface area contributed by atoms with Crippen LogP contribution in [0.1, 0.15) is 32.3 Å². The fraction of sp³-hybridized carbons (Fsp3) is 0.571. The molecule has 1 rings (SSSR count). The molecule has 3 nitrogen and oxygen atoms in total. The van der Waals surface area contributed by atoms with Gasteiger partial charge in [0.05, 0.1) is 20.3 Å². The molecule has 1 aromatic rings. The van der Waals surface area contributed by atoms with Gasteiger partial charge in [0.2, 0.25) is 0 Å². The van der Waals surface area contributed by atoms with Crippen LogP contribution in [-0.4, -0.2) is 20.3 Å². The van der Waals surface area contributed by atoms with Crippen LogP contribution in [0.15, 0.2) is 18.2 Å². The van der Waals surface area contributed by atoms with Crippen molar-refractivity contribution in [2.45, 2.75) is 33.3 Å². The molecule has 0 heterocycles. The Labute approximate surface area is 104 Å². The van der Waals surface area contributed by atoms with Gasteiger partial charge in [-0.3, -0.25) is 0 Å². The minimum Gasteiger partial charge on any atom is -0.493 e. The standard InChI is InChI=1S/C14H22O3/c1-4-6-9-16-11-12-7-8-13(17-5-2)14(10-12)15-3/h7-8,10H,4-6,9,11H2,1-3H3. The number of benzene rings is 1. The first kappa shape index (κ1) is 13.8. The normalized spacial score (nSPS) is 10.3. The van der Waals surface area contributed by atoms with Crippen LogP contribution in [0, 0.1) is 0 Å². The summed E-state index contributed by atoms with van der Waals surface area (Å²) in [5, 5.41) is 0. The Hall–Kier alpha value is -1.22. The van der Waals surface area contributed by atoms with Gasteiger partial charge in [-0.15, -0.1) is 0 Å². The zero-order valence-corrected chi connectivity index (χ0v) is 11.0. The van der Waals surface area contributed by atoms with Crippen molar-refractivity contribution in [3.05, 3.63) is 23.8 Å². The Kier molecular flexibility index (Phi) is 6.48. The van der Waals surface area contributed by atoms with E-state index in [2.05, 4.69) is 6.92 Å². The molecule has 0 fully saturated rings. The number of hydrogen-bond donors (Lipinski definition) is 0. The van der Waals surface area contributed by atoms with E-state index in [1.165, 1.54) is 0 Å². The molecule has 96 valence electrons. The van der Waals surface area contributed by atoms with Crippen molar-refractivity contribution in [1.82, 2.24) is 0 Å². The molecule has 0 saturated carbocycles. The molecule has 0 aromatic heterocycles. The number of methoxy groups -OCH3 is 1. The third kappa shape index (κ3) is 4.65. The number of rotatable bonds is 8. The first-order valence-electron chi connectivity index (χ1n) is 6.19. The van der Waals surface area contributed by atoms with Crippen molar-refractivity contribution in [1.29, 1.82) is 0 Å². The van der Waals surface area contributed by atoms with E-state index in [1.807, 2.05) is 25.1 Å². The molecule has 0 radical (unpaired) electrons. The topological polar surface area (TPSA) is 27.7 Å². The summed E-state index contributed by atoms with van der Waals surface area (Å²) in [6.45, 7) is 6.20. The number of unbranched alkanes of at least 4 members (excludes halogenated alkanes) is 1. The summed E-state index contributed by atoms with van der Waals surface area (Å²) < 4.78 is 16.3. The number of hydrogen-bond acceptors (Lipinski definition) is 3. The molecule has 0 saturated heterocycles. The van der Waals surface area contributed by atoms with Crippen molar-refractivity contribution < 1.29 is 14.2 Å². The minimum atomic E-state index is 0.628. The van der Waals surface area contributed by atoms with Crippen LogP contribution >= 0.6 is 0 Å². The highest BCUT2D eigenvalue weighted by molar-refractivity contribution is 5.42. The molecule has 0 unspecified atom stereocenters. The molecule has 17 heavy (non-hydrogen) atoms. The average molecular weight is 238 g/mol. The molecule has 3 heteroatoms. The van der Waals surface area contributed by atoms with Crippen LogP contribution < -0.4 is 9.47 Å². The molecule has 0 aliphatic rings. The largest absolute Gasteiger partial charge is 0.493 e. The Morgan fingerprint density at radius 3 is 2.59 bits per heavy atom. The Balaban J connectivity index is 2.56. The summed E-state index contributed by atoms with van der Waals surface area (Å²) in [6, 6.07) is 5.91. The summed E-state index contributed by atoms with van der Waals surface area (Å²) in [4.78, 5) is 0. The predicted molar refractivity (Wildman–Crippen MR) is 68.7 cm³/mol. The van der Waals surface area contributed by atoms with Crippen LogP contribution in [0.5, 0.6) is 11.5 Å². The van der Waals surface area contributed by atoms with Crippen molar-refractivity contribution in [3.8, 4) is 11.5 Å². The summed E-state index contributed by atoms with van der Waals surface area (Å²) in [7, 11) is 1.65. The third-order valence-electron chi connectivity index (χ3n) is 2.44. The second-order valence-electron chi connectivity index (χ2n) is 3.82. The molecular weight excluding hydrogens is 216 g/mol. The fourth-order valence-electron chi connectivity index (χ4n) is 1.51. The van der Waals surface area contributed by atoms with Crippen LogP contribution in [0.25, 0.3) is 0 Å². The van der Waals surface area contributed by atoms with Crippen molar-refractivity contribution >= 4 is 0 Å². The highest BCUT2D eigenvalue weighted by Gasteiger charge is 2.05. The van der Waals surface area contributed by atoms with Gasteiger partial charge in [-0.2, -0.15) is 0 Å². The van der Waals surface area contributed by atoms with E-state index in [-0.39, 0.29) is 0 Å². The second kappa shape index (κ2) is 7.96. The van der Waals surface area contributed by atoms with Gasteiger partial charge in [-0.05, 0) is 31.0 Å². The molecule has 0 atom stereocenters. The van der Waals surface area contributed by atoms with Gasteiger partial charge in [-0.25, -0.2) is 0 Å². The van der Waals surface area contributed by atoms with Crippen LogP contribution in [0.4, 0.5) is 0 Å². The zero-order valence-electron chi connectivity index (χ0n) is 11.0. The van der Waals surface area contributed by atoms with Gasteiger partial charge in [0.1, 0.15) is 0 Å². The lowest BCUT2D eigenvalue weighted by molar-refractivity contribution is 0.118. The van der Waals surface area contributed by atoms with Crippen molar-refractivity contribution in [2.24, 2.45) is 0 Å². The van der Waals surface area contributed by atoms with E-state index in [1.54, 1.807) is 7.11 Å².